The summed E-state index contributed by atoms with van der Waals surface area (Å²) in [7, 11) is 0. The smallest absolute Gasteiger partial charge is 0.224 e. The second-order valence-corrected chi connectivity index (χ2v) is 4.38. The topological polar surface area (TPSA) is 58.0 Å². The molecule has 0 saturated carbocycles. The van der Waals surface area contributed by atoms with E-state index in [-0.39, 0.29) is 11.9 Å². The zero-order chi connectivity index (χ0) is 13.0. The van der Waals surface area contributed by atoms with Crippen molar-refractivity contribution in [3.05, 3.63) is 46.3 Å². The Bertz CT molecular complexity index is 549. The molecule has 0 amide bonds. The zero-order valence-electron chi connectivity index (χ0n) is 9.40. The van der Waals surface area contributed by atoms with Gasteiger partial charge in [-0.05, 0) is 35.7 Å². The Morgan fingerprint density at radius 2 is 2.11 bits per heavy atom. The van der Waals surface area contributed by atoms with E-state index < -0.39 is 0 Å². The molecule has 1 aromatic heterocycles. The van der Waals surface area contributed by atoms with Crippen LogP contribution in [0.5, 0.6) is 0 Å². The van der Waals surface area contributed by atoms with Crippen LogP contribution in [0.15, 0.2) is 30.5 Å². The average Bonchev–Trinajstić information content (AvgIpc) is 2.35. The van der Waals surface area contributed by atoms with Crippen LogP contribution in [-0.4, -0.2) is 21.7 Å². The van der Waals surface area contributed by atoms with Crippen LogP contribution in [-0.2, 0) is 6.42 Å². The highest BCUT2D eigenvalue weighted by Crippen LogP contribution is 2.24. The lowest BCUT2D eigenvalue weighted by Gasteiger charge is -2.08. The van der Waals surface area contributed by atoms with Gasteiger partial charge in [0.05, 0.1) is 6.20 Å². The molecule has 2 N–H and O–H groups in total. The Morgan fingerprint density at radius 3 is 2.89 bits per heavy atom. The van der Waals surface area contributed by atoms with Gasteiger partial charge in [0.15, 0.2) is 5.82 Å². The number of hydrogen-bond donors (Lipinski definition) is 2. The molecule has 0 saturated heterocycles. The van der Waals surface area contributed by atoms with Crippen LogP contribution in [0.1, 0.15) is 5.56 Å². The number of aliphatic hydroxyl groups is 1. The summed E-state index contributed by atoms with van der Waals surface area (Å²) in [5, 5.41) is 12.5. The van der Waals surface area contributed by atoms with Crippen molar-refractivity contribution >= 4 is 34.7 Å². The van der Waals surface area contributed by atoms with Crippen LogP contribution < -0.4 is 5.32 Å². The molecule has 0 aliphatic carbocycles. The van der Waals surface area contributed by atoms with Crippen molar-refractivity contribution in [1.29, 1.82) is 0 Å². The molecule has 94 valence electrons. The summed E-state index contributed by atoms with van der Waals surface area (Å²) in [5.41, 5.74) is 1.86. The predicted octanol–water partition coefficient (Wildman–Crippen LogP) is 3.06. The fourth-order valence-electron chi connectivity index (χ4n) is 1.50. The summed E-state index contributed by atoms with van der Waals surface area (Å²) in [6.07, 6.45) is 2.05. The maximum absolute atomic E-state index is 8.90. The van der Waals surface area contributed by atoms with Crippen LogP contribution in [0.25, 0.3) is 0 Å². The Morgan fingerprint density at radius 1 is 1.28 bits per heavy atom. The van der Waals surface area contributed by atoms with Gasteiger partial charge < -0.3 is 10.4 Å². The van der Waals surface area contributed by atoms with E-state index in [1.165, 1.54) is 6.20 Å². The van der Waals surface area contributed by atoms with E-state index in [2.05, 4.69) is 15.3 Å². The molecule has 0 atom stereocenters. The van der Waals surface area contributed by atoms with Crippen LogP contribution in [0.2, 0.25) is 10.3 Å². The van der Waals surface area contributed by atoms with Gasteiger partial charge in [0.1, 0.15) is 5.02 Å². The fourth-order valence-corrected chi connectivity index (χ4v) is 1.78. The van der Waals surface area contributed by atoms with E-state index in [0.717, 1.165) is 11.3 Å². The summed E-state index contributed by atoms with van der Waals surface area (Å²) in [4.78, 5) is 7.78. The zero-order valence-corrected chi connectivity index (χ0v) is 10.9. The summed E-state index contributed by atoms with van der Waals surface area (Å²) in [6, 6.07) is 7.63. The van der Waals surface area contributed by atoms with Gasteiger partial charge in [0.2, 0.25) is 5.28 Å². The van der Waals surface area contributed by atoms with Crippen LogP contribution in [0, 0.1) is 0 Å². The van der Waals surface area contributed by atoms with Gasteiger partial charge in [0, 0.05) is 12.3 Å². The molecule has 2 rings (SSSR count). The Balaban J connectivity index is 2.22. The molecular formula is C12H11Cl2N3O. The van der Waals surface area contributed by atoms with Gasteiger partial charge in [-0.2, -0.15) is 4.98 Å². The summed E-state index contributed by atoms with van der Waals surface area (Å²) < 4.78 is 0. The molecule has 0 spiro atoms. The van der Waals surface area contributed by atoms with E-state index in [1.807, 2.05) is 24.3 Å². The minimum absolute atomic E-state index is 0.115. The molecular weight excluding hydrogens is 273 g/mol. The van der Waals surface area contributed by atoms with Crippen LogP contribution in [0.3, 0.4) is 0 Å². The highest BCUT2D eigenvalue weighted by molar-refractivity contribution is 6.33. The molecule has 4 nitrogen and oxygen atoms in total. The maximum Gasteiger partial charge on any atom is 0.224 e. The highest BCUT2D eigenvalue weighted by atomic mass is 35.5. The van der Waals surface area contributed by atoms with E-state index >= 15 is 0 Å². The van der Waals surface area contributed by atoms with Crippen molar-refractivity contribution in [2.45, 2.75) is 6.42 Å². The second-order valence-electron chi connectivity index (χ2n) is 3.63. The lowest BCUT2D eigenvalue weighted by atomic mass is 10.1. The number of aliphatic hydroxyl groups excluding tert-OH is 1. The number of nitrogens with zero attached hydrogens (tertiary/aromatic N) is 2. The summed E-state index contributed by atoms with van der Waals surface area (Å²) in [6.45, 7) is 0.115. The van der Waals surface area contributed by atoms with Crippen molar-refractivity contribution in [3.8, 4) is 0 Å². The Hall–Kier alpha value is -1.36. The van der Waals surface area contributed by atoms with Crippen molar-refractivity contribution in [2.24, 2.45) is 0 Å². The third-order valence-electron chi connectivity index (χ3n) is 2.30. The molecule has 0 aliphatic heterocycles. The first kappa shape index (κ1) is 13.1. The number of benzene rings is 1. The first-order valence-corrected chi connectivity index (χ1v) is 6.09. The van der Waals surface area contributed by atoms with E-state index in [0.29, 0.717) is 17.3 Å². The largest absolute Gasteiger partial charge is 0.396 e. The Labute approximate surface area is 115 Å². The molecule has 18 heavy (non-hydrogen) atoms. The Kier molecular flexibility index (Phi) is 4.36. The van der Waals surface area contributed by atoms with Crippen LogP contribution in [0.4, 0.5) is 11.5 Å². The molecule has 6 heteroatoms. The SMILES string of the molecule is OCCc1cccc(Nc2nc(Cl)ncc2Cl)c1. The fraction of sp³-hybridized carbons (Fsp3) is 0.167. The van der Waals surface area contributed by atoms with Gasteiger partial charge in [-0.1, -0.05) is 23.7 Å². The maximum atomic E-state index is 8.90. The number of aromatic nitrogens is 2. The van der Waals surface area contributed by atoms with Gasteiger partial charge in [-0.25, -0.2) is 4.98 Å². The molecule has 0 bridgehead atoms. The predicted molar refractivity (Wildman–Crippen MR) is 72.6 cm³/mol. The first-order chi connectivity index (χ1) is 8.69. The minimum atomic E-state index is 0.115. The van der Waals surface area contributed by atoms with E-state index in [9.17, 15) is 0 Å². The van der Waals surface area contributed by atoms with Crippen molar-refractivity contribution in [3.63, 3.8) is 0 Å². The molecule has 0 unspecified atom stereocenters. The van der Waals surface area contributed by atoms with Gasteiger partial charge >= 0.3 is 0 Å². The minimum Gasteiger partial charge on any atom is -0.396 e. The number of rotatable bonds is 4. The molecule has 0 radical (unpaired) electrons. The van der Waals surface area contributed by atoms with E-state index in [4.69, 9.17) is 28.3 Å². The summed E-state index contributed by atoms with van der Waals surface area (Å²) >= 11 is 11.7. The molecule has 0 fully saturated rings. The van der Waals surface area contributed by atoms with Crippen molar-refractivity contribution < 1.29 is 5.11 Å². The monoisotopic (exact) mass is 283 g/mol. The second kappa shape index (κ2) is 6.00. The van der Waals surface area contributed by atoms with Crippen molar-refractivity contribution in [1.82, 2.24) is 9.97 Å². The van der Waals surface area contributed by atoms with Gasteiger partial charge in [-0.3, -0.25) is 0 Å². The average molecular weight is 284 g/mol. The van der Waals surface area contributed by atoms with Crippen LogP contribution >= 0.6 is 23.2 Å². The normalized spacial score (nSPS) is 10.4. The van der Waals surface area contributed by atoms with Gasteiger partial charge in [0.25, 0.3) is 0 Å². The first-order valence-electron chi connectivity index (χ1n) is 5.34. The quantitative estimate of drug-likeness (QED) is 0.847. The van der Waals surface area contributed by atoms with E-state index in [1.54, 1.807) is 0 Å². The van der Waals surface area contributed by atoms with Gasteiger partial charge in [-0.15, -0.1) is 0 Å². The number of nitrogens with one attached hydrogen (secondary N) is 1. The standard InChI is InChI=1S/C12H11Cl2N3O/c13-10-7-15-12(14)17-11(10)16-9-3-1-2-8(6-9)4-5-18/h1-3,6-7,18H,4-5H2,(H,15,16,17). The third-order valence-corrected chi connectivity index (χ3v) is 2.76. The molecule has 1 heterocycles. The lowest BCUT2D eigenvalue weighted by molar-refractivity contribution is 0.299. The highest BCUT2D eigenvalue weighted by Gasteiger charge is 2.05. The molecule has 1 aromatic carbocycles. The lowest BCUT2D eigenvalue weighted by Crippen LogP contribution is -1.97. The van der Waals surface area contributed by atoms with Crippen molar-refractivity contribution in [2.75, 3.05) is 11.9 Å². The molecule has 0 aliphatic rings. The summed E-state index contributed by atoms with van der Waals surface area (Å²) in [5.74, 6) is 0.456. The number of hydrogen-bond acceptors (Lipinski definition) is 4. The number of halogens is 2. The molecule has 2 aromatic rings. The third kappa shape index (κ3) is 3.32. The number of anilines is 2.